The Hall–Kier alpha value is -2.62. The minimum absolute atomic E-state index is 0.331. The number of nitrogens with zero attached hydrogens (tertiary/aromatic N) is 1. The summed E-state index contributed by atoms with van der Waals surface area (Å²) in [6, 6.07) is 30.5. The number of fused-ring (bicyclic) bond motifs is 3. The molecule has 3 aromatic rings. The molecule has 0 aromatic heterocycles. The van der Waals surface area contributed by atoms with Gasteiger partial charge < -0.3 is 10.4 Å². The minimum atomic E-state index is 0.331. The molecule has 3 heterocycles. The Labute approximate surface area is 179 Å². The maximum absolute atomic E-state index is 10.3. The molecule has 0 spiro atoms. The minimum Gasteiger partial charge on any atom is -0.508 e. The van der Waals surface area contributed by atoms with Crippen LogP contribution in [0.25, 0.3) is 0 Å². The summed E-state index contributed by atoms with van der Waals surface area (Å²) < 4.78 is 0. The van der Waals surface area contributed by atoms with Gasteiger partial charge in [-0.25, -0.2) is 0 Å². The van der Waals surface area contributed by atoms with Crippen molar-refractivity contribution < 1.29 is 5.11 Å². The van der Waals surface area contributed by atoms with Crippen LogP contribution in [0.5, 0.6) is 5.75 Å². The van der Waals surface area contributed by atoms with Gasteiger partial charge >= 0.3 is 0 Å². The predicted molar refractivity (Wildman–Crippen MR) is 122 cm³/mol. The Morgan fingerprint density at radius 2 is 1.37 bits per heavy atom. The van der Waals surface area contributed by atoms with E-state index in [0.29, 0.717) is 36.2 Å². The molecule has 3 aliphatic rings. The highest BCUT2D eigenvalue weighted by atomic mass is 16.3. The van der Waals surface area contributed by atoms with E-state index < -0.39 is 0 Å². The zero-order valence-corrected chi connectivity index (χ0v) is 17.3. The topological polar surface area (TPSA) is 35.5 Å². The van der Waals surface area contributed by atoms with Crippen LogP contribution in [0.3, 0.4) is 0 Å². The Kier molecular flexibility index (Phi) is 5.56. The Balaban J connectivity index is 1.50. The van der Waals surface area contributed by atoms with E-state index in [9.17, 15) is 5.11 Å². The van der Waals surface area contributed by atoms with Crippen LogP contribution < -0.4 is 5.32 Å². The van der Waals surface area contributed by atoms with Crippen LogP contribution in [0.1, 0.15) is 35.4 Å². The summed E-state index contributed by atoms with van der Waals surface area (Å²) >= 11 is 0. The van der Waals surface area contributed by atoms with Crippen molar-refractivity contribution in [3.63, 3.8) is 0 Å². The number of hydrogen-bond donors (Lipinski definition) is 2. The Morgan fingerprint density at radius 3 is 1.97 bits per heavy atom. The van der Waals surface area contributed by atoms with Crippen molar-refractivity contribution in [2.75, 3.05) is 13.1 Å². The Bertz CT molecular complexity index is 911. The van der Waals surface area contributed by atoms with Crippen LogP contribution in [0, 0.1) is 5.92 Å². The molecule has 0 aliphatic carbocycles. The molecule has 3 fully saturated rings. The quantitative estimate of drug-likeness (QED) is 0.627. The Morgan fingerprint density at radius 1 is 0.800 bits per heavy atom. The highest BCUT2D eigenvalue weighted by Gasteiger charge is 2.46. The van der Waals surface area contributed by atoms with Crippen LogP contribution in [0.4, 0.5) is 0 Å². The molecule has 2 N–H and O–H groups in total. The van der Waals surface area contributed by atoms with Gasteiger partial charge in [0.05, 0.1) is 0 Å². The summed E-state index contributed by atoms with van der Waals surface area (Å²) in [6.45, 7) is 3.06. The molecule has 0 radical (unpaired) electrons. The van der Waals surface area contributed by atoms with E-state index in [0.717, 1.165) is 5.56 Å². The number of hydrogen-bond acceptors (Lipinski definition) is 3. The first-order chi connectivity index (χ1) is 14.8. The molecule has 2 atom stereocenters. The van der Waals surface area contributed by atoms with Crippen molar-refractivity contribution in [1.29, 1.82) is 0 Å². The SMILES string of the molecule is Oc1ccccc1CNC1C2CCN(CC2)C1C(c1ccccc1)c1ccccc1. The molecule has 2 unspecified atom stereocenters. The standard InChI is InChI=1S/C27H30N2O/c30-24-14-8-7-13-23(24)19-28-26-22-15-17-29(18-16-22)27(26)25(20-9-3-1-4-10-20)21-11-5-2-6-12-21/h1-14,22,25-28,30H,15-19H2. The molecule has 3 aromatic carbocycles. The van der Waals surface area contributed by atoms with E-state index in [1.54, 1.807) is 6.07 Å². The first kappa shape index (κ1) is 19.3. The number of phenolic OH excluding ortho intramolecular Hbond substituents is 1. The predicted octanol–water partition coefficient (Wildman–Crippen LogP) is 4.78. The van der Waals surface area contributed by atoms with E-state index in [1.807, 2.05) is 18.2 Å². The lowest BCUT2D eigenvalue weighted by atomic mass is 9.70. The molecule has 3 heteroatoms. The maximum atomic E-state index is 10.3. The van der Waals surface area contributed by atoms with E-state index in [1.165, 1.54) is 37.1 Å². The number of para-hydroxylation sites is 1. The number of nitrogens with one attached hydrogen (secondary N) is 1. The molecule has 6 rings (SSSR count). The lowest BCUT2D eigenvalue weighted by Crippen LogP contribution is -2.64. The fourth-order valence-electron chi connectivity index (χ4n) is 5.58. The highest BCUT2D eigenvalue weighted by Crippen LogP contribution is 2.42. The summed E-state index contributed by atoms with van der Waals surface area (Å²) in [5.41, 5.74) is 3.75. The van der Waals surface area contributed by atoms with Crippen LogP contribution in [0.2, 0.25) is 0 Å². The zero-order valence-electron chi connectivity index (χ0n) is 17.3. The molecule has 3 aliphatic heterocycles. The van der Waals surface area contributed by atoms with Crippen LogP contribution >= 0.6 is 0 Å². The summed E-state index contributed by atoms with van der Waals surface area (Å²) in [6.07, 6.45) is 2.51. The second kappa shape index (κ2) is 8.63. The van der Waals surface area contributed by atoms with Gasteiger partial charge in [0, 0.05) is 30.1 Å². The third-order valence-electron chi connectivity index (χ3n) is 7.05. The van der Waals surface area contributed by atoms with Gasteiger partial charge in [0.15, 0.2) is 0 Å². The smallest absolute Gasteiger partial charge is 0.120 e. The van der Waals surface area contributed by atoms with E-state index in [2.05, 4.69) is 70.9 Å². The first-order valence-electron chi connectivity index (χ1n) is 11.2. The van der Waals surface area contributed by atoms with Gasteiger partial charge in [-0.2, -0.15) is 0 Å². The van der Waals surface area contributed by atoms with E-state index in [4.69, 9.17) is 0 Å². The molecule has 0 saturated carbocycles. The summed E-state index contributed by atoms with van der Waals surface area (Å²) in [5, 5.41) is 14.1. The molecular weight excluding hydrogens is 368 g/mol. The monoisotopic (exact) mass is 398 g/mol. The second-order valence-corrected chi connectivity index (χ2v) is 8.70. The van der Waals surface area contributed by atoms with Gasteiger partial charge in [0.1, 0.15) is 5.75 Å². The van der Waals surface area contributed by atoms with Crippen molar-refractivity contribution >= 4 is 0 Å². The summed E-state index contributed by atoms with van der Waals surface area (Å²) in [7, 11) is 0. The van der Waals surface area contributed by atoms with Gasteiger partial charge in [-0.3, -0.25) is 4.90 Å². The number of benzene rings is 3. The number of piperidine rings is 3. The fraction of sp³-hybridized carbons (Fsp3) is 0.333. The average molecular weight is 399 g/mol. The average Bonchev–Trinajstić information content (AvgIpc) is 2.81. The van der Waals surface area contributed by atoms with Crippen LogP contribution in [-0.4, -0.2) is 35.2 Å². The highest BCUT2D eigenvalue weighted by molar-refractivity contribution is 5.36. The molecule has 30 heavy (non-hydrogen) atoms. The molecule has 3 nitrogen and oxygen atoms in total. The fourth-order valence-corrected chi connectivity index (χ4v) is 5.58. The number of aromatic hydroxyl groups is 1. The molecule has 154 valence electrons. The van der Waals surface area contributed by atoms with Gasteiger partial charge in [0.25, 0.3) is 0 Å². The largest absolute Gasteiger partial charge is 0.508 e. The molecular formula is C27H30N2O. The van der Waals surface area contributed by atoms with Gasteiger partial charge in [-0.1, -0.05) is 78.9 Å². The zero-order chi connectivity index (χ0) is 20.3. The van der Waals surface area contributed by atoms with Crippen LogP contribution in [0.15, 0.2) is 84.9 Å². The summed E-state index contributed by atoms with van der Waals surface area (Å²) in [5.74, 6) is 1.39. The van der Waals surface area contributed by atoms with E-state index >= 15 is 0 Å². The molecule has 2 bridgehead atoms. The van der Waals surface area contributed by atoms with E-state index in [-0.39, 0.29) is 0 Å². The number of phenols is 1. The normalized spacial score (nSPS) is 25.5. The molecule has 3 saturated heterocycles. The van der Waals surface area contributed by atoms with Crippen molar-refractivity contribution in [2.45, 2.75) is 37.4 Å². The molecule has 0 amide bonds. The number of rotatable bonds is 6. The van der Waals surface area contributed by atoms with Crippen LogP contribution in [-0.2, 0) is 6.54 Å². The first-order valence-corrected chi connectivity index (χ1v) is 11.2. The van der Waals surface area contributed by atoms with Gasteiger partial charge in [-0.15, -0.1) is 0 Å². The second-order valence-electron chi connectivity index (χ2n) is 8.70. The lowest BCUT2D eigenvalue weighted by Gasteiger charge is -2.54. The van der Waals surface area contributed by atoms with Crippen molar-refractivity contribution in [3.8, 4) is 5.75 Å². The third kappa shape index (κ3) is 3.76. The van der Waals surface area contributed by atoms with Crippen molar-refractivity contribution in [3.05, 3.63) is 102 Å². The maximum Gasteiger partial charge on any atom is 0.120 e. The third-order valence-corrected chi connectivity index (χ3v) is 7.05. The van der Waals surface area contributed by atoms with Gasteiger partial charge in [-0.05, 0) is 49.0 Å². The van der Waals surface area contributed by atoms with Crippen molar-refractivity contribution in [1.82, 2.24) is 10.2 Å². The van der Waals surface area contributed by atoms with Gasteiger partial charge in [0.2, 0.25) is 0 Å². The van der Waals surface area contributed by atoms with Crippen molar-refractivity contribution in [2.24, 2.45) is 5.92 Å². The summed E-state index contributed by atoms with van der Waals surface area (Å²) in [4.78, 5) is 2.70. The lowest BCUT2D eigenvalue weighted by molar-refractivity contribution is 0.00462.